The number of benzene rings is 1. The van der Waals surface area contributed by atoms with Gasteiger partial charge in [-0.3, -0.25) is 4.98 Å². The summed E-state index contributed by atoms with van der Waals surface area (Å²) in [5.74, 6) is 0. The van der Waals surface area contributed by atoms with Gasteiger partial charge in [-0.05, 0) is 23.3 Å². The lowest BCUT2D eigenvalue weighted by Gasteiger charge is -1.95. The predicted octanol–water partition coefficient (Wildman–Crippen LogP) is 3.90. The number of hydrogen-bond acceptors (Lipinski definition) is 1. The molecule has 1 aromatic carbocycles. The summed E-state index contributed by atoms with van der Waals surface area (Å²) in [6.45, 7) is 3.70. The molecule has 0 amide bonds. The smallest absolute Gasteiger partial charge is 0.0630 e. The first-order valence-electron chi connectivity index (χ1n) is 5.20. The minimum atomic E-state index is 0.953. The van der Waals surface area contributed by atoms with E-state index in [4.69, 9.17) is 0 Å². The molecule has 2 aromatic rings. The molecule has 0 radical (unpaired) electrons. The lowest BCUT2D eigenvalue weighted by Crippen LogP contribution is -1.80. The summed E-state index contributed by atoms with van der Waals surface area (Å²) in [6, 6.07) is 14.2. The van der Waals surface area contributed by atoms with Crippen LogP contribution in [0.4, 0.5) is 0 Å². The zero-order valence-electron chi connectivity index (χ0n) is 9.01. The third-order valence-electron chi connectivity index (χ3n) is 2.29. The van der Waals surface area contributed by atoms with Crippen molar-refractivity contribution < 1.29 is 0 Å². The molecule has 0 saturated heterocycles. The van der Waals surface area contributed by atoms with E-state index in [1.165, 1.54) is 5.56 Å². The summed E-state index contributed by atoms with van der Waals surface area (Å²) in [4.78, 5) is 4.31. The highest BCUT2D eigenvalue weighted by Crippen LogP contribution is 2.07. The third-order valence-corrected chi connectivity index (χ3v) is 2.29. The highest BCUT2D eigenvalue weighted by atomic mass is 14.7. The molecule has 0 N–H and O–H groups in total. The summed E-state index contributed by atoms with van der Waals surface area (Å²) in [5, 5.41) is 0. The van der Waals surface area contributed by atoms with Gasteiger partial charge in [0.1, 0.15) is 0 Å². The van der Waals surface area contributed by atoms with E-state index in [1.807, 2.05) is 42.6 Å². The molecule has 1 nitrogen and oxygen atoms in total. The Morgan fingerprint density at radius 2 is 1.69 bits per heavy atom. The maximum atomic E-state index is 4.31. The van der Waals surface area contributed by atoms with E-state index < -0.39 is 0 Å². The monoisotopic (exact) mass is 207 g/mol. The van der Waals surface area contributed by atoms with Crippen LogP contribution in [-0.2, 0) is 0 Å². The number of pyridine rings is 1. The Hall–Kier alpha value is -2.15. The standard InChI is InChI=1S/C15H13N/c1-2-13-8-10-15(16-12-13)11-9-14-6-4-3-5-7-14/h2-12H,1H2/b11-9+. The predicted molar refractivity (Wildman–Crippen MR) is 69.7 cm³/mol. The first-order chi connectivity index (χ1) is 7.88. The summed E-state index contributed by atoms with van der Waals surface area (Å²) >= 11 is 0. The molecule has 1 heterocycles. The fourth-order valence-electron chi connectivity index (χ4n) is 1.38. The van der Waals surface area contributed by atoms with Crippen molar-refractivity contribution in [3.05, 3.63) is 72.1 Å². The minimum absolute atomic E-state index is 0.953. The van der Waals surface area contributed by atoms with Gasteiger partial charge in [0.25, 0.3) is 0 Å². The summed E-state index contributed by atoms with van der Waals surface area (Å²) < 4.78 is 0. The van der Waals surface area contributed by atoms with Crippen molar-refractivity contribution in [2.75, 3.05) is 0 Å². The molecule has 2 rings (SSSR count). The van der Waals surface area contributed by atoms with Crippen molar-refractivity contribution in [1.29, 1.82) is 0 Å². The highest BCUT2D eigenvalue weighted by Gasteiger charge is 1.89. The molecule has 0 aliphatic heterocycles. The van der Waals surface area contributed by atoms with Gasteiger partial charge in [0.15, 0.2) is 0 Å². The number of nitrogens with zero attached hydrogens (tertiary/aromatic N) is 1. The normalized spacial score (nSPS) is 10.5. The van der Waals surface area contributed by atoms with Gasteiger partial charge in [-0.1, -0.05) is 55.1 Å². The number of rotatable bonds is 3. The molecule has 1 heteroatoms. The Balaban J connectivity index is 2.14. The zero-order chi connectivity index (χ0) is 11.2. The number of aromatic nitrogens is 1. The van der Waals surface area contributed by atoms with E-state index in [1.54, 1.807) is 6.08 Å². The van der Waals surface area contributed by atoms with E-state index in [0.29, 0.717) is 0 Å². The topological polar surface area (TPSA) is 12.9 Å². The van der Waals surface area contributed by atoms with Gasteiger partial charge in [0.05, 0.1) is 5.69 Å². The quantitative estimate of drug-likeness (QED) is 0.744. The first-order valence-corrected chi connectivity index (χ1v) is 5.20. The van der Waals surface area contributed by atoms with Crippen LogP contribution in [0.5, 0.6) is 0 Å². The lowest BCUT2D eigenvalue weighted by atomic mass is 10.2. The molecule has 0 saturated carbocycles. The van der Waals surface area contributed by atoms with Crippen molar-refractivity contribution in [2.24, 2.45) is 0 Å². The van der Waals surface area contributed by atoms with Crippen LogP contribution in [0.25, 0.3) is 18.2 Å². The number of hydrogen-bond donors (Lipinski definition) is 0. The second-order valence-electron chi connectivity index (χ2n) is 3.46. The Morgan fingerprint density at radius 3 is 2.31 bits per heavy atom. The molecular weight excluding hydrogens is 194 g/mol. The van der Waals surface area contributed by atoms with Crippen LogP contribution in [0, 0.1) is 0 Å². The first kappa shape index (κ1) is 10.4. The minimum Gasteiger partial charge on any atom is -0.256 e. The Bertz CT molecular complexity index is 481. The van der Waals surface area contributed by atoms with Gasteiger partial charge in [0, 0.05) is 6.20 Å². The van der Waals surface area contributed by atoms with Crippen molar-refractivity contribution in [3.8, 4) is 0 Å². The molecule has 78 valence electrons. The van der Waals surface area contributed by atoms with Crippen molar-refractivity contribution in [2.45, 2.75) is 0 Å². The fourth-order valence-corrected chi connectivity index (χ4v) is 1.38. The molecule has 0 spiro atoms. The van der Waals surface area contributed by atoms with Gasteiger partial charge >= 0.3 is 0 Å². The van der Waals surface area contributed by atoms with Crippen LogP contribution in [0.3, 0.4) is 0 Å². The lowest BCUT2D eigenvalue weighted by molar-refractivity contribution is 1.29. The zero-order valence-corrected chi connectivity index (χ0v) is 9.01. The summed E-state index contributed by atoms with van der Waals surface area (Å²) in [7, 11) is 0. The van der Waals surface area contributed by atoms with E-state index in [2.05, 4.69) is 29.8 Å². The van der Waals surface area contributed by atoms with E-state index in [9.17, 15) is 0 Å². The van der Waals surface area contributed by atoms with Gasteiger partial charge < -0.3 is 0 Å². The maximum Gasteiger partial charge on any atom is 0.0630 e. The second kappa shape index (κ2) is 5.08. The van der Waals surface area contributed by atoms with Gasteiger partial charge in [-0.25, -0.2) is 0 Å². The SMILES string of the molecule is C=Cc1ccc(/C=C/c2ccccc2)nc1. The van der Waals surface area contributed by atoms with Crippen LogP contribution < -0.4 is 0 Å². The molecule has 0 unspecified atom stereocenters. The molecule has 0 aliphatic carbocycles. The van der Waals surface area contributed by atoms with Crippen LogP contribution in [0.1, 0.15) is 16.8 Å². The molecule has 1 aromatic heterocycles. The second-order valence-corrected chi connectivity index (χ2v) is 3.46. The molecule has 16 heavy (non-hydrogen) atoms. The summed E-state index contributed by atoms with van der Waals surface area (Å²) in [6.07, 6.45) is 7.66. The highest BCUT2D eigenvalue weighted by molar-refractivity contribution is 5.68. The summed E-state index contributed by atoms with van der Waals surface area (Å²) in [5.41, 5.74) is 3.17. The van der Waals surface area contributed by atoms with Crippen LogP contribution >= 0.6 is 0 Å². The fraction of sp³-hybridized carbons (Fsp3) is 0. The van der Waals surface area contributed by atoms with Crippen LogP contribution in [0.2, 0.25) is 0 Å². The molecule has 0 bridgehead atoms. The molecule has 0 atom stereocenters. The molecule has 0 fully saturated rings. The Labute approximate surface area is 95.8 Å². The Kier molecular flexibility index (Phi) is 3.29. The van der Waals surface area contributed by atoms with Crippen molar-refractivity contribution >= 4 is 18.2 Å². The average molecular weight is 207 g/mol. The van der Waals surface area contributed by atoms with E-state index >= 15 is 0 Å². The van der Waals surface area contributed by atoms with Gasteiger partial charge in [-0.15, -0.1) is 0 Å². The van der Waals surface area contributed by atoms with Gasteiger partial charge in [0.2, 0.25) is 0 Å². The van der Waals surface area contributed by atoms with Crippen molar-refractivity contribution in [1.82, 2.24) is 4.98 Å². The molecular formula is C15H13N. The van der Waals surface area contributed by atoms with Crippen LogP contribution in [0.15, 0.2) is 55.2 Å². The van der Waals surface area contributed by atoms with E-state index in [-0.39, 0.29) is 0 Å². The molecule has 0 aliphatic rings. The van der Waals surface area contributed by atoms with E-state index in [0.717, 1.165) is 11.3 Å². The average Bonchev–Trinajstić information content (AvgIpc) is 2.38. The maximum absolute atomic E-state index is 4.31. The van der Waals surface area contributed by atoms with Crippen LogP contribution in [-0.4, -0.2) is 4.98 Å². The third kappa shape index (κ3) is 2.67. The van der Waals surface area contributed by atoms with Gasteiger partial charge in [-0.2, -0.15) is 0 Å². The largest absolute Gasteiger partial charge is 0.256 e. The Morgan fingerprint density at radius 1 is 0.875 bits per heavy atom. The van der Waals surface area contributed by atoms with Crippen molar-refractivity contribution in [3.63, 3.8) is 0 Å².